The van der Waals surface area contributed by atoms with Crippen molar-refractivity contribution in [3.63, 3.8) is 0 Å². The van der Waals surface area contributed by atoms with Gasteiger partial charge in [-0.2, -0.15) is 13.2 Å². The molecule has 1 aromatic heterocycles. The minimum atomic E-state index is -4.84. The predicted molar refractivity (Wildman–Crippen MR) is 61.6 cm³/mol. The third-order valence-electron chi connectivity index (χ3n) is 3.25. The first kappa shape index (κ1) is 12.9. The van der Waals surface area contributed by atoms with E-state index in [1.165, 1.54) is 4.68 Å². The van der Waals surface area contributed by atoms with Crippen LogP contribution in [-0.4, -0.2) is 37.2 Å². The fraction of sp³-hybridized carbons (Fsp3) is 0.364. The molecule has 0 bridgehead atoms. The van der Waals surface area contributed by atoms with Crippen LogP contribution < -0.4 is 5.32 Å². The van der Waals surface area contributed by atoms with E-state index >= 15 is 0 Å². The Kier molecular flexibility index (Phi) is 2.68. The molecule has 0 amide bonds. The van der Waals surface area contributed by atoms with Gasteiger partial charge in [-0.15, -0.1) is 0 Å². The largest absolute Gasteiger partial charge is 0.436 e. The summed E-state index contributed by atoms with van der Waals surface area (Å²) in [6.45, 7) is 0. The topological polar surface area (TPSA) is 75.9 Å². The lowest BCUT2D eigenvalue weighted by Crippen LogP contribution is -2.56. The molecule has 0 fully saturated rings. The normalized spacial score (nSPS) is 25.9. The molecule has 6 nitrogen and oxygen atoms in total. The molecule has 0 aliphatic carbocycles. The number of halogens is 3. The number of nitrogens with zero attached hydrogens (tertiary/aromatic N) is 4. The highest BCUT2D eigenvalue weighted by molar-refractivity contribution is 5.35. The van der Waals surface area contributed by atoms with Gasteiger partial charge in [-0.3, -0.25) is 0 Å². The second-order valence-electron chi connectivity index (χ2n) is 4.56. The molecule has 2 atom stereocenters. The average molecular weight is 285 g/mol. The molecule has 106 valence electrons. The molecule has 1 aliphatic heterocycles. The van der Waals surface area contributed by atoms with Crippen LogP contribution in [0.4, 0.5) is 19.1 Å². The second kappa shape index (κ2) is 4.17. The number of tetrazole rings is 1. The van der Waals surface area contributed by atoms with E-state index in [0.717, 1.165) is 0 Å². The van der Waals surface area contributed by atoms with Gasteiger partial charge in [-0.05, 0) is 16.0 Å². The van der Waals surface area contributed by atoms with E-state index in [4.69, 9.17) is 0 Å². The quantitative estimate of drug-likeness (QED) is 0.826. The van der Waals surface area contributed by atoms with E-state index in [1.807, 2.05) is 5.32 Å². The number of alkyl halides is 3. The van der Waals surface area contributed by atoms with Crippen molar-refractivity contribution in [2.45, 2.75) is 24.4 Å². The third kappa shape index (κ3) is 1.90. The highest BCUT2D eigenvalue weighted by Gasteiger charge is 2.58. The Balaban J connectivity index is 2.07. The molecule has 1 aliphatic rings. The Morgan fingerprint density at radius 2 is 2.00 bits per heavy atom. The molecule has 2 N–H and O–H groups in total. The Bertz CT molecular complexity index is 614. The summed E-state index contributed by atoms with van der Waals surface area (Å²) in [7, 11) is 0. The first-order valence-corrected chi connectivity index (χ1v) is 5.81. The molecule has 0 saturated carbocycles. The number of aliphatic hydroxyl groups is 1. The Morgan fingerprint density at radius 1 is 1.30 bits per heavy atom. The maximum absolute atomic E-state index is 13.0. The summed E-state index contributed by atoms with van der Waals surface area (Å²) < 4.78 is 40.3. The van der Waals surface area contributed by atoms with Gasteiger partial charge in [0.25, 0.3) is 0 Å². The lowest BCUT2D eigenvalue weighted by molar-refractivity contribution is -0.255. The fourth-order valence-corrected chi connectivity index (χ4v) is 2.21. The molecule has 1 aromatic carbocycles. The maximum atomic E-state index is 13.0. The van der Waals surface area contributed by atoms with Crippen LogP contribution in [-0.2, 0) is 0 Å². The van der Waals surface area contributed by atoms with Crippen molar-refractivity contribution in [3.8, 4) is 0 Å². The zero-order valence-electron chi connectivity index (χ0n) is 10.0. The highest BCUT2D eigenvalue weighted by atomic mass is 19.4. The van der Waals surface area contributed by atoms with Crippen LogP contribution in [0.3, 0.4) is 0 Å². The Morgan fingerprint density at radius 3 is 2.65 bits per heavy atom. The smallest absolute Gasteiger partial charge is 0.363 e. The summed E-state index contributed by atoms with van der Waals surface area (Å²) in [5.41, 5.74) is -2.47. The number of benzene rings is 1. The van der Waals surface area contributed by atoms with Crippen molar-refractivity contribution in [1.29, 1.82) is 0 Å². The van der Waals surface area contributed by atoms with Crippen LogP contribution >= 0.6 is 0 Å². The summed E-state index contributed by atoms with van der Waals surface area (Å²) in [4.78, 5) is 0. The van der Waals surface area contributed by atoms with Gasteiger partial charge in [-0.1, -0.05) is 35.4 Å². The first-order chi connectivity index (χ1) is 9.41. The first-order valence-electron chi connectivity index (χ1n) is 5.81. The number of nitrogens with one attached hydrogen (secondary N) is 1. The van der Waals surface area contributed by atoms with Gasteiger partial charge in [0.05, 0.1) is 6.04 Å². The van der Waals surface area contributed by atoms with Crippen LogP contribution in [0.25, 0.3) is 0 Å². The van der Waals surface area contributed by atoms with E-state index in [0.29, 0.717) is 5.56 Å². The highest BCUT2D eigenvalue weighted by Crippen LogP contribution is 2.42. The number of rotatable bonds is 1. The summed E-state index contributed by atoms with van der Waals surface area (Å²) in [5, 5.41) is 22.3. The average Bonchev–Trinajstić information content (AvgIpc) is 2.85. The van der Waals surface area contributed by atoms with Crippen molar-refractivity contribution in [2.24, 2.45) is 0 Å². The van der Waals surface area contributed by atoms with Gasteiger partial charge >= 0.3 is 6.18 Å². The molecular formula is C11H10F3N5O. The second-order valence-corrected chi connectivity index (χ2v) is 4.56. The van der Waals surface area contributed by atoms with Crippen LogP contribution in [0.15, 0.2) is 30.3 Å². The van der Waals surface area contributed by atoms with Crippen LogP contribution in [0.1, 0.15) is 18.0 Å². The fourth-order valence-electron chi connectivity index (χ4n) is 2.21. The summed E-state index contributed by atoms with van der Waals surface area (Å²) >= 11 is 0. The SMILES string of the molecule is O[C@@]1(C(F)(F)F)C[C@H](c2ccccc2)n2nnnc2N1. The van der Waals surface area contributed by atoms with E-state index in [9.17, 15) is 18.3 Å². The molecule has 3 rings (SSSR count). The van der Waals surface area contributed by atoms with Gasteiger partial charge in [-0.25, -0.2) is 4.68 Å². The van der Waals surface area contributed by atoms with Crippen molar-refractivity contribution < 1.29 is 18.3 Å². The van der Waals surface area contributed by atoms with Crippen LogP contribution in [0, 0.1) is 0 Å². The summed E-state index contributed by atoms with van der Waals surface area (Å²) in [6.07, 6.45) is -5.45. The van der Waals surface area contributed by atoms with E-state index < -0.39 is 24.4 Å². The van der Waals surface area contributed by atoms with E-state index in [-0.39, 0.29) is 5.95 Å². The molecule has 0 unspecified atom stereocenters. The van der Waals surface area contributed by atoms with E-state index in [1.54, 1.807) is 30.3 Å². The number of anilines is 1. The lowest BCUT2D eigenvalue weighted by atomic mass is 9.95. The molecule has 0 spiro atoms. The van der Waals surface area contributed by atoms with Gasteiger partial charge in [0.15, 0.2) is 0 Å². The molecule has 0 saturated heterocycles. The maximum Gasteiger partial charge on any atom is 0.436 e. The van der Waals surface area contributed by atoms with Gasteiger partial charge in [0.2, 0.25) is 11.7 Å². The standard InChI is InChI=1S/C11H10F3N5O/c12-11(13,14)10(20)6-8(7-4-2-1-3-5-7)19-9(15-10)16-17-18-19/h1-5,8,20H,6H2,(H,15,16,18)/t8-,10-/m1/s1. The van der Waals surface area contributed by atoms with Crippen LogP contribution in [0.5, 0.6) is 0 Å². The van der Waals surface area contributed by atoms with Crippen molar-refractivity contribution >= 4 is 5.95 Å². The number of hydrogen-bond donors (Lipinski definition) is 2. The third-order valence-corrected chi connectivity index (χ3v) is 3.25. The zero-order chi connectivity index (χ0) is 14.4. The Hall–Kier alpha value is -2.16. The monoisotopic (exact) mass is 285 g/mol. The minimum absolute atomic E-state index is 0.218. The van der Waals surface area contributed by atoms with Gasteiger partial charge in [0, 0.05) is 6.42 Å². The lowest BCUT2D eigenvalue weighted by Gasteiger charge is -2.38. The number of aromatic nitrogens is 4. The minimum Gasteiger partial charge on any atom is -0.363 e. The molecule has 2 heterocycles. The number of hydrogen-bond acceptors (Lipinski definition) is 5. The van der Waals surface area contributed by atoms with Crippen molar-refractivity contribution in [3.05, 3.63) is 35.9 Å². The summed E-state index contributed by atoms with van der Waals surface area (Å²) in [5.74, 6) is -0.218. The van der Waals surface area contributed by atoms with Gasteiger partial charge < -0.3 is 10.4 Å². The van der Waals surface area contributed by atoms with Gasteiger partial charge in [0.1, 0.15) is 0 Å². The molecule has 20 heavy (non-hydrogen) atoms. The van der Waals surface area contributed by atoms with Crippen LogP contribution in [0.2, 0.25) is 0 Å². The summed E-state index contributed by atoms with van der Waals surface area (Å²) in [6, 6.07) is 7.69. The van der Waals surface area contributed by atoms with Crippen molar-refractivity contribution in [2.75, 3.05) is 5.32 Å². The van der Waals surface area contributed by atoms with E-state index in [2.05, 4.69) is 15.5 Å². The molecule has 2 aromatic rings. The molecular weight excluding hydrogens is 275 g/mol. The zero-order valence-corrected chi connectivity index (χ0v) is 10.0. The molecule has 9 heteroatoms. The molecule has 0 radical (unpaired) electrons. The predicted octanol–water partition coefficient (Wildman–Crippen LogP) is 1.33. The Labute approximate surface area is 111 Å². The van der Waals surface area contributed by atoms with Crippen molar-refractivity contribution in [1.82, 2.24) is 20.2 Å². The number of fused-ring (bicyclic) bond motifs is 1.